The van der Waals surface area contributed by atoms with E-state index >= 15 is 0 Å². The number of fused-ring (bicyclic) bond motifs is 5. The molecule has 10 aromatic rings. The summed E-state index contributed by atoms with van der Waals surface area (Å²) < 4.78 is 291. The average Bonchev–Trinajstić information content (AvgIpc) is 1.36. The Morgan fingerprint density at radius 3 is 1.20 bits per heavy atom. The van der Waals surface area contributed by atoms with Crippen molar-refractivity contribution >= 4 is 53.9 Å². The Kier molecular flexibility index (Phi) is 2.55. The van der Waals surface area contributed by atoms with Gasteiger partial charge in [0.15, 0.2) is 0 Å². The minimum absolute atomic E-state index is 0.637. The maximum atomic E-state index is 10.3. The molecule has 0 heteroatoms. The Labute approximate surface area is 336 Å². The van der Waals surface area contributed by atoms with E-state index in [0.29, 0.717) is 0 Å². The molecule has 0 saturated heterocycles. The van der Waals surface area contributed by atoms with Crippen LogP contribution in [0, 0.1) is 0 Å². The summed E-state index contributed by atoms with van der Waals surface area (Å²) in [4.78, 5) is 0. The van der Waals surface area contributed by atoms with E-state index in [2.05, 4.69) is 0 Å². The highest BCUT2D eigenvalue weighted by molar-refractivity contribution is 6.24. The number of hydrogen-bond donors (Lipinski definition) is 0. The van der Waals surface area contributed by atoms with E-state index in [1.165, 1.54) is 0 Å². The van der Waals surface area contributed by atoms with Gasteiger partial charge in [-0.1, -0.05) is 187 Å². The average molecular weight is 665 g/mol. The van der Waals surface area contributed by atoms with Gasteiger partial charge in [-0.15, -0.1) is 0 Å². The molecule has 10 aromatic carbocycles. The number of rotatable bonds is 4. The summed E-state index contributed by atoms with van der Waals surface area (Å²) in [7, 11) is 0. The van der Waals surface area contributed by atoms with E-state index in [-0.39, 0.29) is 0 Å². The van der Waals surface area contributed by atoms with Crippen LogP contribution in [0.4, 0.5) is 0 Å². The van der Waals surface area contributed by atoms with Crippen molar-refractivity contribution in [3.63, 3.8) is 0 Å². The van der Waals surface area contributed by atoms with Crippen molar-refractivity contribution in [1.29, 1.82) is 0 Å². The Morgan fingerprint density at radius 2 is 0.620 bits per heavy atom. The molecule has 0 saturated carbocycles. The van der Waals surface area contributed by atoms with Gasteiger partial charge in [0.2, 0.25) is 0 Å². The fourth-order valence-corrected chi connectivity index (χ4v) is 5.91. The van der Waals surface area contributed by atoms with Crippen LogP contribution in [0.1, 0.15) is 43.9 Å². The van der Waals surface area contributed by atoms with Gasteiger partial charge >= 0.3 is 0 Å². The Bertz CT molecular complexity index is 4700. The van der Waals surface area contributed by atoms with Crippen molar-refractivity contribution in [1.82, 2.24) is 0 Å². The Hall–Kier alpha value is -6.50. The van der Waals surface area contributed by atoms with Crippen LogP contribution in [0.15, 0.2) is 193 Å². The van der Waals surface area contributed by atoms with Crippen LogP contribution in [-0.4, -0.2) is 0 Å². The lowest BCUT2D eigenvalue weighted by Gasteiger charge is -2.20. The standard InChI is InChI=1S/C50H32/c1-4-18-39-33(12-1)15-9-23-41(39)36-26-28-37(29-27-36)49-45-21-7-8-22-46(45)50(44-25-11-17-35-14-3-6-20-42(35)44)48-32-38(30-31-47(48)49)43-24-10-16-34-13-2-5-19-40(34)43/h1-32H/i1D,2D,3D,4D,5D,6D,7D,8D,9D,10D,11D,12D,13D,14D,15D,16D,17D,18D,19D,20D,21D,22D,23D,24D,25D,26D,27D,28D,29D,30D,31D,32D. The molecule has 232 valence electrons. The van der Waals surface area contributed by atoms with Gasteiger partial charge in [0.25, 0.3) is 0 Å². The molecular formula is C50H32. The fraction of sp³-hybridized carbons (Fsp3) is 0. The van der Waals surface area contributed by atoms with E-state index < -0.39 is 292 Å². The largest absolute Gasteiger partial charge is 0.0636 e. The van der Waals surface area contributed by atoms with Crippen LogP contribution >= 0.6 is 0 Å². The lowest BCUT2D eigenvalue weighted by atomic mass is 9.83. The fourth-order valence-electron chi connectivity index (χ4n) is 5.91. The predicted molar refractivity (Wildman–Crippen MR) is 216 cm³/mol. The lowest BCUT2D eigenvalue weighted by molar-refractivity contribution is 1.63. The van der Waals surface area contributed by atoms with E-state index in [4.69, 9.17) is 27.4 Å². The molecule has 10 rings (SSSR count). The second-order valence-corrected chi connectivity index (χ2v) is 10.8. The molecule has 0 atom stereocenters. The summed E-state index contributed by atoms with van der Waals surface area (Å²) in [5.41, 5.74) is -7.14. The second kappa shape index (κ2) is 11.6. The molecule has 0 spiro atoms. The molecule has 50 heavy (non-hydrogen) atoms. The maximum Gasteiger partial charge on any atom is 0.0636 e. The molecule has 0 bridgehead atoms. The summed E-state index contributed by atoms with van der Waals surface area (Å²) in [6, 6.07) is -32.8. The van der Waals surface area contributed by atoms with Gasteiger partial charge in [-0.25, -0.2) is 0 Å². The third kappa shape index (κ3) is 4.54. The minimum Gasteiger partial charge on any atom is -0.0616 e. The summed E-state index contributed by atoms with van der Waals surface area (Å²) in [6.45, 7) is 0. The number of hydrogen-bond acceptors (Lipinski definition) is 0. The van der Waals surface area contributed by atoms with Gasteiger partial charge in [-0.05, 0) is 104 Å². The summed E-state index contributed by atoms with van der Waals surface area (Å²) in [5, 5.41) is -7.85. The van der Waals surface area contributed by atoms with Crippen LogP contribution < -0.4 is 0 Å². The van der Waals surface area contributed by atoms with E-state index in [1.54, 1.807) is 0 Å². The highest BCUT2D eigenvalue weighted by Crippen LogP contribution is 2.47. The van der Waals surface area contributed by atoms with Gasteiger partial charge in [0.1, 0.15) is 0 Å². The van der Waals surface area contributed by atoms with E-state index in [0.717, 1.165) is 0 Å². The summed E-state index contributed by atoms with van der Waals surface area (Å²) in [6.07, 6.45) is 0. The van der Waals surface area contributed by atoms with Gasteiger partial charge in [-0.2, -0.15) is 0 Å². The molecule has 0 nitrogen and oxygen atoms in total. The van der Waals surface area contributed by atoms with Crippen molar-refractivity contribution in [3.05, 3.63) is 193 Å². The molecule has 0 fully saturated rings. The van der Waals surface area contributed by atoms with E-state index in [9.17, 15) is 16.4 Å². The SMILES string of the molecule is [2H]c1c([2H])c(-c2c3c([2H])c([2H])c([2H])c([2H])c3c(-c3c([2H])c([2H])c([2H])c4c([2H])c([2H])c([2H])c([2H])c34)c3c([2H])c(-c4c([2H])c([2H])c([2H])c5c([2H])c([2H])c([2H])c([2H])c45)c([2H])c([2H])c23)c([2H])c([2H])c1-c1c([2H])c([2H])c([2H])c2c([2H])c([2H])c([2H])c([2H])c12. The monoisotopic (exact) mass is 664 g/mol. The molecule has 0 N–H and O–H groups in total. The Balaban J connectivity index is 1.57. The molecule has 0 aliphatic heterocycles. The first-order valence-corrected chi connectivity index (χ1v) is 14.8. The summed E-state index contributed by atoms with van der Waals surface area (Å²) >= 11 is 0. The Morgan fingerprint density at radius 1 is 0.240 bits per heavy atom. The van der Waals surface area contributed by atoms with Crippen LogP contribution in [0.3, 0.4) is 0 Å². The zero-order chi connectivity index (χ0) is 60.9. The van der Waals surface area contributed by atoms with Crippen molar-refractivity contribution in [2.45, 2.75) is 0 Å². The zero-order valence-corrected chi connectivity index (χ0v) is 25.0. The molecule has 0 aromatic heterocycles. The van der Waals surface area contributed by atoms with Crippen LogP contribution in [-0.2, 0) is 0 Å². The van der Waals surface area contributed by atoms with Crippen LogP contribution in [0.2, 0.25) is 0 Å². The van der Waals surface area contributed by atoms with Gasteiger partial charge in [-0.3, -0.25) is 0 Å². The first-order valence-electron chi connectivity index (χ1n) is 30.8. The van der Waals surface area contributed by atoms with Crippen molar-refractivity contribution in [3.8, 4) is 44.5 Å². The van der Waals surface area contributed by atoms with E-state index in [1.807, 2.05) is 0 Å². The van der Waals surface area contributed by atoms with Gasteiger partial charge < -0.3 is 0 Å². The number of benzene rings is 10. The highest BCUT2D eigenvalue weighted by Gasteiger charge is 2.19. The molecular weight excluding hydrogens is 601 g/mol. The lowest BCUT2D eigenvalue weighted by Crippen LogP contribution is -1.93. The third-order valence-corrected chi connectivity index (χ3v) is 8.06. The molecule has 0 aliphatic carbocycles. The molecule has 0 amide bonds. The van der Waals surface area contributed by atoms with Crippen molar-refractivity contribution in [2.75, 3.05) is 0 Å². The first-order chi connectivity index (χ1) is 38.1. The van der Waals surface area contributed by atoms with Crippen molar-refractivity contribution < 1.29 is 43.9 Å². The van der Waals surface area contributed by atoms with Crippen molar-refractivity contribution in [2.24, 2.45) is 0 Å². The van der Waals surface area contributed by atoms with Gasteiger partial charge in [0, 0.05) is 0 Å². The molecule has 0 unspecified atom stereocenters. The van der Waals surface area contributed by atoms with Crippen LogP contribution in [0.25, 0.3) is 98.4 Å². The zero-order valence-electron chi connectivity index (χ0n) is 57.0. The van der Waals surface area contributed by atoms with Gasteiger partial charge in [0.05, 0.1) is 43.9 Å². The quantitative estimate of drug-likeness (QED) is 0.164. The molecule has 0 aliphatic rings. The smallest absolute Gasteiger partial charge is 0.0616 e. The molecule has 0 radical (unpaired) electrons. The maximum absolute atomic E-state index is 10.3. The topological polar surface area (TPSA) is 0 Å². The third-order valence-electron chi connectivity index (χ3n) is 8.06. The van der Waals surface area contributed by atoms with Crippen LogP contribution in [0.5, 0.6) is 0 Å². The second-order valence-electron chi connectivity index (χ2n) is 10.8. The highest BCUT2D eigenvalue weighted by atomic mass is 14.2. The molecule has 0 heterocycles. The normalized spacial score (nSPS) is 20.6. The minimum atomic E-state index is -1.21. The summed E-state index contributed by atoms with van der Waals surface area (Å²) in [5.74, 6) is 0. The predicted octanol–water partition coefficient (Wildman–Crippen LogP) is 14.1. The first kappa shape index (κ1) is 11.0.